The van der Waals surface area contributed by atoms with E-state index in [1.807, 2.05) is 0 Å². The number of hydrogen-bond donors (Lipinski definition) is 0. The first kappa shape index (κ1) is 17.0. The fourth-order valence-electron chi connectivity index (χ4n) is 4.51. The minimum absolute atomic E-state index is 0.239. The van der Waals surface area contributed by atoms with Gasteiger partial charge < -0.3 is 4.74 Å². The fraction of sp³-hybridized carbons (Fsp3) is 0.714. The molecule has 0 aromatic heterocycles. The first-order valence-corrected chi connectivity index (χ1v) is 9.65. The number of rotatable bonds is 7. The summed E-state index contributed by atoms with van der Waals surface area (Å²) in [5.41, 5.74) is 1.34. The van der Waals surface area contributed by atoms with E-state index in [2.05, 4.69) is 56.0 Å². The maximum atomic E-state index is 6.65. The van der Waals surface area contributed by atoms with E-state index >= 15 is 0 Å². The standard InChI is InChI=1S/C21H33NO/c1-4-5-13-22-18-11-12-19(22)15-20(14-18)23-21(16(2)3)17-9-7-6-8-10-17/h6-10,16,18-21H,4-5,11-15H2,1-3H3/t18-,19+,20?,21?. The van der Waals surface area contributed by atoms with Gasteiger partial charge in [0.1, 0.15) is 0 Å². The Morgan fingerprint density at radius 2 is 1.74 bits per heavy atom. The van der Waals surface area contributed by atoms with Gasteiger partial charge in [0, 0.05) is 12.1 Å². The third kappa shape index (κ3) is 3.97. The maximum absolute atomic E-state index is 6.65. The van der Waals surface area contributed by atoms with Crippen molar-refractivity contribution in [1.82, 2.24) is 4.90 Å². The van der Waals surface area contributed by atoms with Gasteiger partial charge in [0.25, 0.3) is 0 Å². The SMILES string of the molecule is CCCCN1[C@@H]2CC[C@H]1CC(OC(c1ccccc1)C(C)C)C2. The van der Waals surface area contributed by atoms with Gasteiger partial charge in [-0.3, -0.25) is 4.90 Å². The molecule has 2 heteroatoms. The van der Waals surface area contributed by atoms with Crippen molar-refractivity contribution in [3.05, 3.63) is 35.9 Å². The molecule has 0 spiro atoms. The molecular weight excluding hydrogens is 282 g/mol. The van der Waals surface area contributed by atoms with Gasteiger partial charge in [-0.1, -0.05) is 57.5 Å². The molecule has 1 aromatic rings. The molecule has 0 radical (unpaired) electrons. The lowest BCUT2D eigenvalue weighted by molar-refractivity contribution is -0.0788. The smallest absolute Gasteiger partial charge is 0.0851 e. The summed E-state index contributed by atoms with van der Waals surface area (Å²) in [7, 11) is 0. The second-order valence-corrected chi connectivity index (χ2v) is 7.78. The summed E-state index contributed by atoms with van der Waals surface area (Å²) in [4.78, 5) is 2.79. The van der Waals surface area contributed by atoms with Gasteiger partial charge >= 0.3 is 0 Å². The number of unbranched alkanes of at least 4 members (excludes halogenated alkanes) is 1. The van der Waals surface area contributed by atoms with Crippen molar-refractivity contribution >= 4 is 0 Å². The maximum Gasteiger partial charge on any atom is 0.0851 e. The van der Waals surface area contributed by atoms with Crippen molar-refractivity contribution in [3.63, 3.8) is 0 Å². The van der Waals surface area contributed by atoms with E-state index in [9.17, 15) is 0 Å². The van der Waals surface area contributed by atoms with E-state index in [1.54, 1.807) is 0 Å². The Hall–Kier alpha value is -0.860. The second kappa shape index (κ2) is 7.81. The fourth-order valence-corrected chi connectivity index (χ4v) is 4.51. The Morgan fingerprint density at radius 1 is 1.09 bits per heavy atom. The van der Waals surface area contributed by atoms with Crippen molar-refractivity contribution in [2.45, 2.75) is 83.6 Å². The van der Waals surface area contributed by atoms with Crippen LogP contribution in [0.1, 0.15) is 71.0 Å². The topological polar surface area (TPSA) is 12.5 Å². The highest BCUT2D eigenvalue weighted by Gasteiger charge is 2.41. The van der Waals surface area contributed by atoms with E-state index in [0.717, 1.165) is 12.1 Å². The lowest BCUT2D eigenvalue weighted by atomic mass is 9.95. The summed E-state index contributed by atoms with van der Waals surface area (Å²) in [6.45, 7) is 8.15. The largest absolute Gasteiger partial charge is 0.370 e. The zero-order valence-corrected chi connectivity index (χ0v) is 15.1. The monoisotopic (exact) mass is 315 g/mol. The van der Waals surface area contributed by atoms with Crippen LogP contribution in [0, 0.1) is 5.92 Å². The van der Waals surface area contributed by atoms with Crippen LogP contribution < -0.4 is 0 Å². The highest BCUT2D eigenvalue weighted by molar-refractivity contribution is 5.18. The van der Waals surface area contributed by atoms with Crippen LogP contribution in [0.25, 0.3) is 0 Å². The quantitative estimate of drug-likeness (QED) is 0.686. The molecule has 0 N–H and O–H groups in total. The van der Waals surface area contributed by atoms with Crippen LogP contribution in [0.4, 0.5) is 0 Å². The zero-order chi connectivity index (χ0) is 16.2. The van der Waals surface area contributed by atoms with E-state index in [-0.39, 0.29) is 6.10 Å². The first-order chi connectivity index (χ1) is 11.2. The summed E-state index contributed by atoms with van der Waals surface area (Å²) < 4.78 is 6.65. The Morgan fingerprint density at radius 3 is 2.30 bits per heavy atom. The van der Waals surface area contributed by atoms with Gasteiger partial charge in [-0.25, -0.2) is 0 Å². The van der Waals surface area contributed by atoms with Crippen LogP contribution in [0.5, 0.6) is 0 Å². The predicted molar refractivity (Wildman–Crippen MR) is 96.6 cm³/mol. The first-order valence-electron chi connectivity index (χ1n) is 9.65. The van der Waals surface area contributed by atoms with E-state index in [0.29, 0.717) is 12.0 Å². The van der Waals surface area contributed by atoms with Gasteiger partial charge in [-0.2, -0.15) is 0 Å². The molecule has 2 unspecified atom stereocenters. The Kier molecular flexibility index (Phi) is 5.76. The summed E-state index contributed by atoms with van der Waals surface area (Å²) >= 11 is 0. The van der Waals surface area contributed by atoms with Crippen LogP contribution in [0.2, 0.25) is 0 Å². The lowest BCUT2D eigenvalue weighted by Gasteiger charge is -2.40. The van der Waals surface area contributed by atoms with Crippen LogP contribution in [0.15, 0.2) is 30.3 Å². The molecule has 2 saturated heterocycles. The van der Waals surface area contributed by atoms with Crippen molar-refractivity contribution in [2.24, 2.45) is 5.92 Å². The van der Waals surface area contributed by atoms with Crippen LogP contribution in [-0.4, -0.2) is 29.6 Å². The number of fused-ring (bicyclic) bond motifs is 2. The predicted octanol–water partition coefficient (Wildman–Crippen LogP) is 5.20. The minimum Gasteiger partial charge on any atom is -0.370 e. The molecular formula is C21H33NO. The van der Waals surface area contributed by atoms with Crippen molar-refractivity contribution in [1.29, 1.82) is 0 Å². The number of nitrogens with zero attached hydrogens (tertiary/aromatic N) is 1. The third-order valence-electron chi connectivity index (χ3n) is 5.68. The van der Waals surface area contributed by atoms with Crippen LogP contribution in [0.3, 0.4) is 0 Å². The Labute approximate surface area is 142 Å². The molecule has 3 rings (SSSR count). The Bertz CT molecular complexity index is 458. The molecule has 128 valence electrons. The zero-order valence-electron chi connectivity index (χ0n) is 15.1. The number of piperidine rings is 1. The van der Waals surface area contributed by atoms with Gasteiger partial charge in [0.05, 0.1) is 12.2 Å². The van der Waals surface area contributed by atoms with Gasteiger partial charge in [0.2, 0.25) is 0 Å². The van der Waals surface area contributed by atoms with Gasteiger partial charge in [-0.15, -0.1) is 0 Å². The summed E-state index contributed by atoms with van der Waals surface area (Å²) in [6, 6.07) is 12.3. The van der Waals surface area contributed by atoms with E-state index in [1.165, 1.54) is 50.6 Å². The molecule has 2 nitrogen and oxygen atoms in total. The number of benzene rings is 1. The minimum atomic E-state index is 0.239. The average molecular weight is 316 g/mol. The average Bonchev–Trinajstić information content (AvgIpc) is 2.79. The third-order valence-corrected chi connectivity index (χ3v) is 5.68. The van der Waals surface area contributed by atoms with E-state index in [4.69, 9.17) is 4.74 Å². The normalized spacial score (nSPS) is 29.1. The molecule has 2 heterocycles. The van der Waals surface area contributed by atoms with Gasteiger partial charge in [-0.05, 0) is 50.1 Å². The summed E-state index contributed by atoms with van der Waals surface area (Å²) in [5, 5.41) is 0. The molecule has 0 saturated carbocycles. The molecule has 1 aromatic carbocycles. The molecule has 2 aliphatic heterocycles. The number of hydrogen-bond acceptors (Lipinski definition) is 2. The molecule has 0 aliphatic carbocycles. The summed E-state index contributed by atoms with van der Waals surface area (Å²) in [6.07, 6.45) is 8.56. The molecule has 0 amide bonds. The molecule has 23 heavy (non-hydrogen) atoms. The lowest BCUT2D eigenvalue weighted by Crippen LogP contribution is -2.46. The Balaban J connectivity index is 1.63. The van der Waals surface area contributed by atoms with Crippen molar-refractivity contribution < 1.29 is 4.74 Å². The molecule has 2 fully saturated rings. The van der Waals surface area contributed by atoms with Crippen LogP contribution in [-0.2, 0) is 4.74 Å². The molecule has 2 bridgehead atoms. The highest BCUT2D eigenvalue weighted by Crippen LogP contribution is 2.39. The second-order valence-electron chi connectivity index (χ2n) is 7.78. The molecule has 4 atom stereocenters. The van der Waals surface area contributed by atoms with E-state index < -0.39 is 0 Å². The highest BCUT2D eigenvalue weighted by atomic mass is 16.5. The van der Waals surface area contributed by atoms with Crippen LogP contribution >= 0.6 is 0 Å². The van der Waals surface area contributed by atoms with Crippen molar-refractivity contribution in [3.8, 4) is 0 Å². The summed E-state index contributed by atoms with van der Waals surface area (Å²) in [5.74, 6) is 0.521. The van der Waals surface area contributed by atoms with Crippen molar-refractivity contribution in [2.75, 3.05) is 6.54 Å². The molecule has 2 aliphatic rings. The number of ether oxygens (including phenoxy) is 1. The van der Waals surface area contributed by atoms with Gasteiger partial charge in [0.15, 0.2) is 0 Å².